The molecule has 0 radical (unpaired) electrons. The SMILES string of the molecule is O=C(CN(Cc1ccc(Cl)cc1)S(=O)(=O)c1ccc(Cl)cc1)NCCN1CCOCC1. The topological polar surface area (TPSA) is 79.0 Å². The number of amides is 1. The van der Waals surface area contributed by atoms with Crippen molar-refractivity contribution in [3.05, 3.63) is 64.1 Å². The van der Waals surface area contributed by atoms with Gasteiger partial charge in [0.05, 0.1) is 24.7 Å². The van der Waals surface area contributed by atoms with Crippen LogP contribution in [0.2, 0.25) is 10.0 Å². The highest BCUT2D eigenvalue weighted by atomic mass is 35.5. The first-order chi connectivity index (χ1) is 14.8. The Kier molecular flexibility index (Phi) is 8.71. The number of morpholine rings is 1. The van der Waals surface area contributed by atoms with Gasteiger partial charge in [0.1, 0.15) is 0 Å². The van der Waals surface area contributed by atoms with Crippen molar-refractivity contribution in [3.8, 4) is 0 Å². The number of benzene rings is 2. The van der Waals surface area contributed by atoms with Crippen LogP contribution in [0.1, 0.15) is 5.56 Å². The van der Waals surface area contributed by atoms with Crippen molar-refractivity contribution in [3.63, 3.8) is 0 Å². The van der Waals surface area contributed by atoms with Gasteiger partial charge in [-0.05, 0) is 42.0 Å². The zero-order chi connectivity index (χ0) is 22.3. The lowest BCUT2D eigenvalue weighted by Gasteiger charge is -2.27. The molecule has 0 unspecified atom stereocenters. The predicted molar refractivity (Wildman–Crippen MR) is 121 cm³/mol. The van der Waals surface area contributed by atoms with Crippen LogP contribution in [0, 0.1) is 0 Å². The first kappa shape index (κ1) is 24.0. The van der Waals surface area contributed by atoms with Crippen molar-refractivity contribution in [1.29, 1.82) is 0 Å². The van der Waals surface area contributed by atoms with Gasteiger partial charge in [-0.3, -0.25) is 9.69 Å². The Morgan fingerprint density at radius 2 is 1.58 bits per heavy atom. The molecule has 0 atom stereocenters. The monoisotopic (exact) mass is 485 g/mol. The minimum Gasteiger partial charge on any atom is -0.379 e. The first-order valence-corrected chi connectivity index (χ1v) is 12.1. The van der Waals surface area contributed by atoms with Crippen LogP contribution in [-0.4, -0.2) is 69.5 Å². The molecule has 168 valence electrons. The Bertz CT molecular complexity index is 963. The average molecular weight is 486 g/mol. The number of nitrogens with one attached hydrogen (secondary N) is 1. The molecule has 31 heavy (non-hydrogen) atoms. The lowest BCUT2D eigenvalue weighted by Crippen LogP contribution is -2.44. The smallest absolute Gasteiger partial charge is 0.243 e. The molecule has 2 aromatic carbocycles. The maximum atomic E-state index is 13.2. The Hall–Kier alpha value is -1.68. The number of rotatable bonds is 9. The van der Waals surface area contributed by atoms with Gasteiger partial charge in [0.15, 0.2) is 0 Å². The molecule has 0 saturated carbocycles. The van der Waals surface area contributed by atoms with Gasteiger partial charge in [-0.2, -0.15) is 4.31 Å². The highest BCUT2D eigenvalue weighted by molar-refractivity contribution is 7.89. The summed E-state index contributed by atoms with van der Waals surface area (Å²) in [5.74, 6) is -0.361. The Morgan fingerprint density at radius 3 is 2.19 bits per heavy atom. The van der Waals surface area contributed by atoms with Crippen LogP contribution in [0.5, 0.6) is 0 Å². The van der Waals surface area contributed by atoms with Crippen molar-refractivity contribution < 1.29 is 17.9 Å². The molecule has 0 bridgehead atoms. The minimum absolute atomic E-state index is 0.0407. The molecule has 0 aromatic heterocycles. The van der Waals surface area contributed by atoms with E-state index in [0.29, 0.717) is 36.3 Å². The number of hydrogen-bond acceptors (Lipinski definition) is 5. The summed E-state index contributed by atoms with van der Waals surface area (Å²) in [6.07, 6.45) is 0. The lowest BCUT2D eigenvalue weighted by molar-refractivity contribution is -0.121. The molecule has 1 N–H and O–H groups in total. The third-order valence-corrected chi connectivity index (χ3v) is 7.21. The van der Waals surface area contributed by atoms with Crippen molar-refractivity contribution in [1.82, 2.24) is 14.5 Å². The molecule has 7 nitrogen and oxygen atoms in total. The van der Waals surface area contributed by atoms with E-state index < -0.39 is 10.0 Å². The molecule has 0 aliphatic carbocycles. The van der Waals surface area contributed by atoms with Crippen molar-refractivity contribution in [2.75, 3.05) is 45.9 Å². The molecule has 1 aliphatic heterocycles. The van der Waals surface area contributed by atoms with E-state index in [9.17, 15) is 13.2 Å². The van der Waals surface area contributed by atoms with Crippen LogP contribution in [0.3, 0.4) is 0 Å². The standard InChI is InChI=1S/C21H25Cl2N3O4S/c22-18-3-1-17(2-4-18)15-26(31(28,29)20-7-5-19(23)6-8-20)16-21(27)24-9-10-25-11-13-30-14-12-25/h1-8H,9-16H2,(H,24,27). The lowest BCUT2D eigenvalue weighted by atomic mass is 10.2. The predicted octanol–water partition coefficient (Wildman–Crippen LogP) is 2.63. The maximum absolute atomic E-state index is 13.2. The van der Waals surface area contributed by atoms with Gasteiger partial charge >= 0.3 is 0 Å². The van der Waals surface area contributed by atoms with E-state index in [0.717, 1.165) is 23.0 Å². The van der Waals surface area contributed by atoms with E-state index >= 15 is 0 Å². The number of halogens is 2. The summed E-state index contributed by atoms with van der Waals surface area (Å²) in [5.41, 5.74) is 0.725. The summed E-state index contributed by atoms with van der Waals surface area (Å²) >= 11 is 11.8. The highest BCUT2D eigenvalue weighted by Crippen LogP contribution is 2.21. The maximum Gasteiger partial charge on any atom is 0.243 e. The van der Waals surface area contributed by atoms with E-state index in [1.165, 1.54) is 24.3 Å². The van der Waals surface area contributed by atoms with Gasteiger partial charge in [0.25, 0.3) is 0 Å². The minimum atomic E-state index is -3.91. The summed E-state index contributed by atoms with van der Waals surface area (Å²) in [4.78, 5) is 14.8. The fraction of sp³-hybridized carbons (Fsp3) is 0.381. The number of hydrogen-bond donors (Lipinski definition) is 1. The molecule has 3 rings (SSSR count). The summed E-state index contributed by atoms with van der Waals surface area (Å²) in [5, 5.41) is 3.81. The quantitative estimate of drug-likeness (QED) is 0.590. The number of sulfonamides is 1. The van der Waals surface area contributed by atoms with Crippen LogP contribution >= 0.6 is 23.2 Å². The van der Waals surface area contributed by atoms with Crippen molar-refractivity contribution in [2.24, 2.45) is 0 Å². The highest BCUT2D eigenvalue weighted by Gasteiger charge is 2.27. The molecular formula is C21H25Cl2N3O4S. The number of nitrogens with zero attached hydrogens (tertiary/aromatic N) is 2. The van der Waals surface area contributed by atoms with Gasteiger partial charge in [-0.1, -0.05) is 35.3 Å². The van der Waals surface area contributed by atoms with E-state index in [1.807, 2.05) is 0 Å². The van der Waals surface area contributed by atoms with E-state index in [-0.39, 0.29) is 23.9 Å². The number of carbonyl (C=O) groups is 1. The Balaban J connectivity index is 1.69. The summed E-state index contributed by atoms with van der Waals surface area (Å²) in [7, 11) is -3.91. The summed E-state index contributed by atoms with van der Waals surface area (Å²) in [6, 6.07) is 12.7. The zero-order valence-corrected chi connectivity index (χ0v) is 19.3. The van der Waals surface area contributed by atoms with Crippen LogP contribution in [0.4, 0.5) is 0 Å². The second-order valence-corrected chi connectivity index (χ2v) is 9.97. The molecule has 1 aliphatic rings. The number of ether oxygens (including phenoxy) is 1. The third kappa shape index (κ3) is 7.17. The van der Waals surface area contributed by atoms with Gasteiger partial charge in [-0.25, -0.2) is 8.42 Å². The van der Waals surface area contributed by atoms with Crippen LogP contribution < -0.4 is 5.32 Å². The third-order valence-electron chi connectivity index (χ3n) is 4.90. The fourth-order valence-electron chi connectivity index (χ4n) is 3.17. The van der Waals surface area contributed by atoms with Crippen LogP contribution in [0.15, 0.2) is 53.4 Å². The molecular weight excluding hydrogens is 461 g/mol. The van der Waals surface area contributed by atoms with Crippen LogP contribution in [0.25, 0.3) is 0 Å². The van der Waals surface area contributed by atoms with Crippen LogP contribution in [-0.2, 0) is 26.1 Å². The molecule has 1 amide bonds. The summed E-state index contributed by atoms with van der Waals surface area (Å²) in [6.45, 7) is 3.89. The van der Waals surface area contributed by atoms with Gasteiger partial charge < -0.3 is 10.1 Å². The second-order valence-electron chi connectivity index (χ2n) is 7.16. The second kappa shape index (κ2) is 11.3. The van der Waals surface area contributed by atoms with E-state index in [2.05, 4.69) is 10.2 Å². The molecule has 2 aromatic rings. The number of carbonyl (C=O) groups excluding carboxylic acids is 1. The van der Waals surface area contributed by atoms with Gasteiger partial charge in [0.2, 0.25) is 15.9 Å². The fourth-order valence-corrected chi connectivity index (χ4v) is 4.81. The zero-order valence-electron chi connectivity index (χ0n) is 17.0. The molecule has 0 spiro atoms. The Labute approximate surface area is 192 Å². The first-order valence-electron chi connectivity index (χ1n) is 9.91. The average Bonchev–Trinajstić information content (AvgIpc) is 2.76. The van der Waals surface area contributed by atoms with Crippen molar-refractivity contribution in [2.45, 2.75) is 11.4 Å². The largest absolute Gasteiger partial charge is 0.379 e. The Morgan fingerprint density at radius 1 is 1.00 bits per heavy atom. The van der Waals surface area contributed by atoms with E-state index in [4.69, 9.17) is 27.9 Å². The van der Waals surface area contributed by atoms with Crippen molar-refractivity contribution >= 4 is 39.1 Å². The summed E-state index contributed by atoms with van der Waals surface area (Å²) < 4.78 is 32.9. The molecule has 1 saturated heterocycles. The normalized spacial score (nSPS) is 15.2. The molecule has 1 heterocycles. The molecule has 1 fully saturated rings. The van der Waals surface area contributed by atoms with Gasteiger partial charge in [0, 0.05) is 42.8 Å². The van der Waals surface area contributed by atoms with E-state index in [1.54, 1.807) is 24.3 Å². The molecule has 10 heteroatoms. The van der Waals surface area contributed by atoms with Gasteiger partial charge in [-0.15, -0.1) is 0 Å².